The summed E-state index contributed by atoms with van der Waals surface area (Å²) in [5, 5.41) is 0.127. The number of anilines is 1. The summed E-state index contributed by atoms with van der Waals surface area (Å²) >= 11 is 0. The van der Waals surface area contributed by atoms with Crippen LogP contribution in [0.15, 0.2) is 36.0 Å². The van der Waals surface area contributed by atoms with Crippen LogP contribution in [-0.4, -0.2) is 58.8 Å². The van der Waals surface area contributed by atoms with E-state index in [1.165, 1.54) is 16.8 Å². The van der Waals surface area contributed by atoms with Gasteiger partial charge in [0.1, 0.15) is 0 Å². The molecule has 0 atom stereocenters. The van der Waals surface area contributed by atoms with Crippen LogP contribution in [0.4, 0.5) is 5.95 Å². The number of hydrogen-bond acceptors (Lipinski definition) is 6. The molecule has 8 nitrogen and oxygen atoms in total. The van der Waals surface area contributed by atoms with Crippen LogP contribution >= 0.6 is 0 Å². The quantitative estimate of drug-likeness (QED) is 0.836. The number of nitrogens with one attached hydrogen (secondary N) is 1. The van der Waals surface area contributed by atoms with E-state index in [9.17, 15) is 8.42 Å². The van der Waals surface area contributed by atoms with Gasteiger partial charge in [-0.1, -0.05) is 0 Å². The molecule has 2 aromatic heterocycles. The zero-order valence-corrected chi connectivity index (χ0v) is 11.5. The molecule has 0 amide bonds. The zero-order chi connectivity index (χ0) is 14.0. The van der Waals surface area contributed by atoms with E-state index in [0.717, 1.165) is 0 Å². The van der Waals surface area contributed by atoms with Gasteiger partial charge in [-0.2, -0.15) is 4.31 Å². The van der Waals surface area contributed by atoms with Crippen molar-refractivity contribution in [2.24, 2.45) is 0 Å². The molecular weight excluding hydrogens is 280 g/mol. The Bertz CT molecular complexity index is 649. The molecule has 0 radical (unpaired) electrons. The molecule has 0 unspecified atom stereocenters. The fraction of sp³-hybridized carbons (Fsp3) is 0.364. The van der Waals surface area contributed by atoms with Crippen molar-refractivity contribution < 1.29 is 8.42 Å². The maximum absolute atomic E-state index is 12.3. The summed E-state index contributed by atoms with van der Waals surface area (Å²) in [5.41, 5.74) is 0. The fourth-order valence-electron chi connectivity index (χ4n) is 2.11. The third kappa shape index (κ3) is 2.37. The normalized spacial score (nSPS) is 17.3. The Hall–Kier alpha value is -2.00. The Kier molecular flexibility index (Phi) is 3.36. The molecule has 3 rings (SSSR count). The highest BCUT2D eigenvalue weighted by atomic mass is 32.2. The van der Waals surface area contributed by atoms with Crippen LogP contribution in [0.5, 0.6) is 0 Å². The zero-order valence-electron chi connectivity index (χ0n) is 10.7. The number of aromatic amines is 1. The predicted octanol–water partition coefficient (Wildman–Crippen LogP) is -0.289. The van der Waals surface area contributed by atoms with E-state index in [0.29, 0.717) is 32.1 Å². The summed E-state index contributed by atoms with van der Waals surface area (Å²) in [7, 11) is -3.48. The lowest BCUT2D eigenvalue weighted by Gasteiger charge is -2.33. The second-order valence-corrected chi connectivity index (χ2v) is 6.26. The molecule has 0 saturated carbocycles. The van der Waals surface area contributed by atoms with Crippen molar-refractivity contribution >= 4 is 16.0 Å². The van der Waals surface area contributed by atoms with Crippen LogP contribution in [0, 0.1) is 0 Å². The molecular formula is C11H14N6O2S. The van der Waals surface area contributed by atoms with Crippen molar-refractivity contribution in [3.05, 3.63) is 31.0 Å². The van der Waals surface area contributed by atoms with Crippen molar-refractivity contribution in [2.45, 2.75) is 5.03 Å². The summed E-state index contributed by atoms with van der Waals surface area (Å²) in [4.78, 5) is 16.7. The van der Waals surface area contributed by atoms with Crippen molar-refractivity contribution in [2.75, 3.05) is 31.1 Å². The molecule has 1 aliphatic heterocycles. The van der Waals surface area contributed by atoms with Crippen molar-refractivity contribution in [3.8, 4) is 0 Å². The standard InChI is InChI=1S/C11H14N6O2S/c18-20(19,10-8-12-9-15-10)17-6-4-16(5-7-17)11-13-2-1-3-14-11/h1-3,8-9H,4-7H2,(H,12,15). The van der Waals surface area contributed by atoms with E-state index in [2.05, 4.69) is 19.9 Å². The molecule has 0 bridgehead atoms. The first-order valence-electron chi connectivity index (χ1n) is 6.18. The number of sulfonamides is 1. The van der Waals surface area contributed by atoms with Gasteiger partial charge in [0.15, 0.2) is 5.03 Å². The van der Waals surface area contributed by atoms with Gasteiger partial charge in [0.05, 0.1) is 12.5 Å². The second-order valence-electron chi connectivity index (χ2n) is 4.36. The number of piperazine rings is 1. The molecule has 20 heavy (non-hydrogen) atoms. The topological polar surface area (TPSA) is 95.1 Å². The first-order valence-corrected chi connectivity index (χ1v) is 7.62. The van der Waals surface area contributed by atoms with E-state index in [-0.39, 0.29) is 5.03 Å². The van der Waals surface area contributed by atoms with E-state index < -0.39 is 10.0 Å². The molecule has 106 valence electrons. The van der Waals surface area contributed by atoms with E-state index in [1.807, 2.05) is 4.90 Å². The molecule has 0 aromatic carbocycles. The molecule has 9 heteroatoms. The van der Waals surface area contributed by atoms with Gasteiger partial charge in [0.2, 0.25) is 5.95 Å². The third-order valence-electron chi connectivity index (χ3n) is 3.16. The highest BCUT2D eigenvalue weighted by Gasteiger charge is 2.29. The summed E-state index contributed by atoms with van der Waals surface area (Å²) in [6.07, 6.45) is 6.04. The third-order valence-corrected chi connectivity index (χ3v) is 4.99. The Labute approximate surface area is 116 Å². The van der Waals surface area contributed by atoms with Gasteiger partial charge >= 0.3 is 0 Å². The Morgan fingerprint density at radius 3 is 2.40 bits per heavy atom. The smallest absolute Gasteiger partial charge is 0.260 e. The van der Waals surface area contributed by atoms with Crippen molar-refractivity contribution in [1.82, 2.24) is 24.2 Å². The number of imidazole rings is 1. The summed E-state index contributed by atoms with van der Waals surface area (Å²) in [5.74, 6) is 0.631. The summed E-state index contributed by atoms with van der Waals surface area (Å²) < 4.78 is 26.0. The van der Waals surface area contributed by atoms with Gasteiger partial charge in [0, 0.05) is 38.6 Å². The lowest BCUT2D eigenvalue weighted by Crippen LogP contribution is -2.49. The highest BCUT2D eigenvalue weighted by Crippen LogP contribution is 2.16. The molecule has 1 N–H and O–H groups in total. The minimum absolute atomic E-state index is 0.127. The Morgan fingerprint density at radius 1 is 1.10 bits per heavy atom. The van der Waals surface area contributed by atoms with Gasteiger partial charge in [-0.05, 0) is 6.07 Å². The average Bonchev–Trinajstić information content (AvgIpc) is 3.03. The molecule has 0 aliphatic carbocycles. The molecule has 1 fully saturated rings. The van der Waals surface area contributed by atoms with Crippen LogP contribution in [-0.2, 0) is 10.0 Å². The van der Waals surface area contributed by atoms with Gasteiger partial charge < -0.3 is 9.88 Å². The maximum atomic E-state index is 12.3. The number of hydrogen-bond donors (Lipinski definition) is 1. The van der Waals surface area contributed by atoms with Crippen LogP contribution in [0.2, 0.25) is 0 Å². The lowest BCUT2D eigenvalue weighted by molar-refractivity contribution is 0.381. The van der Waals surface area contributed by atoms with Gasteiger partial charge in [-0.25, -0.2) is 23.4 Å². The molecule has 3 heterocycles. The number of H-pyrrole nitrogens is 1. The molecule has 1 saturated heterocycles. The minimum atomic E-state index is -3.48. The maximum Gasteiger partial charge on any atom is 0.260 e. The SMILES string of the molecule is O=S(=O)(c1cnc[nH]1)N1CCN(c2ncccn2)CC1. The van der Waals surface area contributed by atoms with E-state index in [1.54, 1.807) is 18.5 Å². The number of aromatic nitrogens is 4. The van der Waals surface area contributed by atoms with Crippen LogP contribution in [0.25, 0.3) is 0 Å². The molecule has 2 aromatic rings. The van der Waals surface area contributed by atoms with Crippen LogP contribution in [0.3, 0.4) is 0 Å². The van der Waals surface area contributed by atoms with Gasteiger partial charge in [-0.15, -0.1) is 0 Å². The predicted molar refractivity (Wildman–Crippen MR) is 71.6 cm³/mol. The highest BCUT2D eigenvalue weighted by molar-refractivity contribution is 7.89. The monoisotopic (exact) mass is 294 g/mol. The lowest BCUT2D eigenvalue weighted by atomic mass is 10.4. The van der Waals surface area contributed by atoms with Crippen molar-refractivity contribution in [1.29, 1.82) is 0 Å². The Balaban J connectivity index is 1.70. The van der Waals surface area contributed by atoms with E-state index >= 15 is 0 Å². The van der Waals surface area contributed by atoms with Gasteiger partial charge in [-0.3, -0.25) is 0 Å². The average molecular weight is 294 g/mol. The number of nitrogens with zero attached hydrogens (tertiary/aromatic N) is 5. The van der Waals surface area contributed by atoms with Crippen molar-refractivity contribution in [3.63, 3.8) is 0 Å². The molecule has 0 spiro atoms. The van der Waals surface area contributed by atoms with E-state index in [4.69, 9.17) is 0 Å². The van der Waals surface area contributed by atoms with Crippen LogP contribution < -0.4 is 4.90 Å². The fourth-order valence-corrected chi connectivity index (χ4v) is 3.42. The Morgan fingerprint density at radius 2 is 1.80 bits per heavy atom. The number of rotatable bonds is 3. The van der Waals surface area contributed by atoms with Gasteiger partial charge in [0.25, 0.3) is 10.0 Å². The van der Waals surface area contributed by atoms with Crippen LogP contribution in [0.1, 0.15) is 0 Å². The first kappa shape index (κ1) is 13.0. The second kappa shape index (κ2) is 5.17. The molecule has 1 aliphatic rings. The largest absolute Gasteiger partial charge is 0.338 e. The summed E-state index contributed by atoms with van der Waals surface area (Å²) in [6.45, 7) is 1.94. The first-order chi connectivity index (χ1) is 9.68. The minimum Gasteiger partial charge on any atom is -0.338 e. The summed E-state index contributed by atoms with van der Waals surface area (Å²) in [6, 6.07) is 1.75.